The van der Waals surface area contributed by atoms with Crippen molar-refractivity contribution in [1.29, 1.82) is 0 Å². The number of carbonyl (C=O) groups excluding carboxylic acids is 1. The quantitative estimate of drug-likeness (QED) is 0.906. The maximum Gasteiger partial charge on any atom is 0.433 e. The Morgan fingerprint density at radius 3 is 2.43 bits per heavy atom. The van der Waals surface area contributed by atoms with Crippen molar-refractivity contribution in [1.82, 2.24) is 15.3 Å². The van der Waals surface area contributed by atoms with Gasteiger partial charge in [0.15, 0.2) is 0 Å². The second kappa shape index (κ2) is 5.16. The Bertz CT molecular complexity index is 533. The molecule has 0 unspecified atom stereocenters. The van der Waals surface area contributed by atoms with Crippen LogP contribution in [0.2, 0.25) is 0 Å². The number of hydrogen-bond acceptors (Lipinski definition) is 4. The molecule has 5 nitrogen and oxygen atoms in total. The number of alkyl halides is 3. The van der Waals surface area contributed by atoms with E-state index < -0.39 is 17.3 Å². The summed E-state index contributed by atoms with van der Waals surface area (Å²) < 4.78 is 37.7. The van der Waals surface area contributed by atoms with Gasteiger partial charge < -0.3 is 10.2 Å². The zero-order chi connectivity index (χ0) is 15.8. The van der Waals surface area contributed by atoms with Crippen LogP contribution in [0.1, 0.15) is 26.5 Å². The molecule has 2 heterocycles. The molecular formula is C13H17F3N4O. The maximum absolute atomic E-state index is 12.6. The lowest BCUT2D eigenvalue weighted by molar-refractivity contribution is -0.141. The first-order valence-electron chi connectivity index (χ1n) is 6.52. The molecule has 0 aliphatic carbocycles. The highest BCUT2D eigenvalue weighted by atomic mass is 19.4. The monoisotopic (exact) mass is 302 g/mol. The Balaban J connectivity index is 1.95. The van der Waals surface area contributed by atoms with Gasteiger partial charge in [0.1, 0.15) is 17.8 Å². The number of anilines is 1. The molecule has 1 aliphatic rings. The van der Waals surface area contributed by atoms with Gasteiger partial charge in [-0.25, -0.2) is 9.97 Å². The van der Waals surface area contributed by atoms with Crippen LogP contribution in [0.3, 0.4) is 0 Å². The topological polar surface area (TPSA) is 58.1 Å². The van der Waals surface area contributed by atoms with Gasteiger partial charge in [0.05, 0.1) is 6.04 Å². The molecule has 2 rings (SSSR count). The summed E-state index contributed by atoms with van der Waals surface area (Å²) in [6.07, 6.45) is -3.58. The number of nitrogens with zero attached hydrogens (tertiary/aromatic N) is 3. The van der Waals surface area contributed by atoms with Gasteiger partial charge in [-0.05, 0) is 0 Å². The zero-order valence-corrected chi connectivity index (χ0v) is 12.0. The molecule has 1 saturated heterocycles. The Morgan fingerprint density at radius 2 is 1.90 bits per heavy atom. The summed E-state index contributed by atoms with van der Waals surface area (Å²) in [6.45, 7) is 6.29. The molecule has 21 heavy (non-hydrogen) atoms. The molecule has 0 bridgehead atoms. The van der Waals surface area contributed by atoms with Crippen molar-refractivity contribution in [3.63, 3.8) is 0 Å². The van der Waals surface area contributed by atoms with Gasteiger partial charge in [-0.2, -0.15) is 13.2 Å². The van der Waals surface area contributed by atoms with Crippen molar-refractivity contribution in [2.24, 2.45) is 5.41 Å². The predicted octanol–water partition coefficient (Wildman–Crippen LogP) is 1.85. The van der Waals surface area contributed by atoms with E-state index in [-0.39, 0.29) is 17.8 Å². The van der Waals surface area contributed by atoms with E-state index in [1.807, 2.05) is 0 Å². The summed E-state index contributed by atoms with van der Waals surface area (Å²) in [5.74, 6) is 0.143. The summed E-state index contributed by atoms with van der Waals surface area (Å²) in [5, 5.41) is 2.85. The van der Waals surface area contributed by atoms with Crippen LogP contribution >= 0.6 is 0 Å². The third-order valence-electron chi connectivity index (χ3n) is 3.17. The highest BCUT2D eigenvalue weighted by Crippen LogP contribution is 2.30. The molecule has 0 aromatic carbocycles. The average molecular weight is 302 g/mol. The molecule has 0 spiro atoms. The molecule has 1 fully saturated rings. The van der Waals surface area contributed by atoms with E-state index in [0.717, 1.165) is 12.4 Å². The third-order valence-corrected chi connectivity index (χ3v) is 3.17. The predicted molar refractivity (Wildman–Crippen MR) is 70.6 cm³/mol. The van der Waals surface area contributed by atoms with Gasteiger partial charge in [-0.1, -0.05) is 20.8 Å². The summed E-state index contributed by atoms with van der Waals surface area (Å²) in [5.41, 5.74) is -1.45. The molecule has 0 atom stereocenters. The lowest BCUT2D eigenvalue weighted by atomic mass is 9.94. The molecule has 1 aromatic heterocycles. The van der Waals surface area contributed by atoms with Gasteiger partial charge >= 0.3 is 6.18 Å². The zero-order valence-electron chi connectivity index (χ0n) is 12.0. The molecule has 1 aliphatic heterocycles. The first kappa shape index (κ1) is 15.5. The van der Waals surface area contributed by atoms with E-state index in [1.165, 1.54) is 0 Å². The van der Waals surface area contributed by atoms with Crippen LogP contribution in [-0.4, -0.2) is 35.0 Å². The number of aromatic nitrogens is 2. The summed E-state index contributed by atoms with van der Waals surface area (Å²) in [6, 6.07) is 0.850. The van der Waals surface area contributed by atoms with E-state index in [0.29, 0.717) is 13.1 Å². The van der Waals surface area contributed by atoms with Gasteiger partial charge in [0, 0.05) is 24.6 Å². The molecular weight excluding hydrogens is 285 g/mol. The highest BCUT2D eigenvalue weighted by Gasteiger charge is 2.36. The number of carbonyl (C=O) groups is 1. The van der Waals surface area contributed by atoms with E-state index in [4.69, 9.17) is 0 Å². The molecule has 0 saturated carbocycles. The third kappa shape index (κ3) is 3.62. The van der Waals surface area contributed by atoms with Crippen LogP contribution in [0.15, 0.2) is 12.4 Å². The van der Waals surface area contributed by atoms with Crippen LogP contribution < -0.4 is 10.2 Å². The van der Waals surface area contributed by atoms with Crippen molar-refractivity contribution < 1.29 is 18.0 Å². The molecule has 116 valence electrons. The van der Waals surface area contributed by atoms with Crippen molar-refractivity contribution in [2.45, 2.75) is 33.0 Å². The number of hydrogen-bond donors (Lipinski definition) is 1. The molecule has 1 aromatic rings. The van der Waals surface area contributed by atoms with Gasteiger partial charge in [-0.15, -0.1) is 0 Å². The molecule has 0 radical (unpaired) electrons. The minimum absolute atomic E-state index is 0.0685. The standard InChI is InChI=1S/C13H17F3N4O/c1-12(2,3)11(21)19-8-5-20(6-8)10-4-9(13(14,15)16)17-7-18-10/h4,7-8H,5-6H2,1-3H3,(H,19,21). The normalized spacial score (nSPS) is 16.6. The average Bonchev–Trinajstić information content (AvgIpc) is 2.30. The van der Waals surface area contributed by atoms with Crippen LogP contribution in [-0.2, 0) is 11.0 Å². The summed E-state index contributed by atoms with van der Waals surface area (Å²) >= 11 is 0. The van der Waals surface area contributed by atoms with Crippen molar-refractivity contribution in [3.8, 4) is 0 Å². The van der Waals surface area contributed by atoms with Crippen molar-refractivity contribution >= 4 is 11.7 Å². The first-order chi connectivity index (χ1) is 9.57. The number of nitrogens with one attached hydrogen (secondary N) is 1. The van der Waals surface area contributed by atoms with Crippen LogP contribution in [0.5, 0.6) is 0 Å². The molecule has 1 amide bonds. The van der Waals surface area contributed by atoms with Gasteiger partial charge in [0.25, 0.3) is 0 Å². The Labute approximate surface area is 120 Å². The highest BCUT2D eigenvalue weighted by molar-refractivity contribution is 5.82. The number of rotatable bonds is 2. The van der Waals surface area contributed by atoms with Crippen LogP contribution in [0, 0.1) is 5.41 Å². The second-order valence-corrected chi connectivity index (χ2v) is 6.08. The lowest BCUT2D eigenvalue weighted by Crippen LogP contribution is -2.61. The van der Waals surface area contributed by atoms with E-state index in [9.17, 15) is 18.0 Å². The Morgan fingerprint density at radius 1 is 1.29 bits per heavy atom. The number of halogens is 3. The van der Waals surface area contributed by atoms with Gasteiger partial charge in [-0.3, -0.25) is 4.79 Å². The maximum atomic E-state index is 12.6. The van der Waals surface area contributed by atoms with Crippen molar-refractivity contribution in [2.75, 3.05) is 18.0 Å². The number of amides is 1. The fraction of sp³-hybridized carbons (Fsp3) is 0.615. The lowest BCUT2D eigenvalue weighted by Gasteiger charge is -2.41. The fourth-order valence-electron chi connectivity index (χ4n) is 1.83. The minimum Gasteiger partial charge on any atom is -0.352 e. The van der Waals surface area contributed by atoms with Crippen LogP contribution in [0.4, 0.5) is 19.0 Å². The van der Waals surface area contributed by atoms with Crippen LogP contribution in [0.25, 0.3) is 0 Å². The first-order valence-corrected chi connectivity index (χ1v) is 6.52. The van der Waals surface area contributed by atoms with E-state index in [1.54, 1.807) is 25.7 Å². The molecule has 1 N–H and O–H groups in total. The Kier molecular flexibility index (Phi) is 3.81. The largest absolute Gasteiger partial charge is 0.433 e. The van der Waals surface area contributed by atoms with E-state index >= 15 is 0 Å². The van der Waals surface area contributed by atoms with Crippen molar-refractivity contribution in [3.05, 3.63) is 18.1 Å². The summed E-state index contributed by atoms with van der Waals surface area (Å²) in [4.78, 5) is 20.5. The second-order valence-electron chi connectivity index (χ2n) is 6.08. The Hall–Kier alpha value is -1.86. The van der Waals surface area contributed by atoms with E-state index in [2.05, 4.69) is 15.3 Å². The fourth-order valence-corrected chi connectivity index (χ4v) is 1.83. The smallest absolute Gasteiger partial charge is 0.352 e. The minimum atomic E-state index is -4.48. The SMILES string of the molecule is CC(C)(C)C(=O)NC1CN(c2cc(C(F)(F)F)ncn2)C1. The molecule has 8 heteroatoms. The summed E-state index contributed by atoms with van der Waals surface area (Å²) in [7, 11) is 0. The van der Waals surface area contributed by atoms with Gasteiger partial charge in [0.2, 0.25) is 5.91 Å².